The van der Waals surface area contributed by atoms with Crippen LogP contribution < -0.4 is 10.6 Å². The first-order valence-electron chi connectivity index (χ1n) is 7.27. The first-order chi connectivity index (χ1) is 9.25. The minimum atomic E-state index is 0.0501. The molecule has 1 aliphatic carbocycles. The van der Waals surface area contributed by atoms with Gasteiger partial charge in [0.05, 0.1) is 0 Å². The standard InChI is InChI=1S/C16H24N2O/c1-13(19)17-10-11-18-16-9-5-8-15(16)12-14-6-3-2-4-7-14/h2-4,6-7,15-16,18H,5,8-12H2,1H3,(H,17,19)/t15-,16-/m1/s1. The Hall–Kier alpha value is -1.35. The molecule has 0 radical (unpaired) electrons. The zero-order valence-electron chi connectivity index (χ0n) is 11.7. The molecule has 1 aromatic rings. The average molecular weight is 260 g/mol. The zero-order chi connectivity index (χ0) is 13.5. The summed E-state index contributed by atoms with van der Waals surface area (Å²) in [6.07, 6.45) is 5.05. The average Bonchev–Trinajstić information content (AvgIpc) is 2.83. The quantitative estimate of drug-likeness (QED) is 0.769. The van der Waals surface area contributed by atoms with Crippen LogP contribution in [0.4, 0.5) is 0 Å². The van der Waals surface area contributed by atoms with Gasteiger partial charge in [-0.2, -0.15) is 0 Å². The summed E-state index contributed by atoms with van der Waals surface area (Å²) in [5, 5.41) is 6.43. The molecule has 0 aliphatic heterocycles. The SMILES string of the molecule is CC(=O)NCCN[C@@H]1CCC[C@@H]1Cc1ccccc1. The van der Waals surface area contributed by atoms with Crippen LogP contribution in [-0.4, -0.2) is 25.0 Å². The summed E-state index contributed by atoms with van der Waals surface area (Å²) in [6.45, 7) is 3.16. The van der Waals surface area contributed by atoms with Gasteiger partial charge in [0.25, 0.3) is 0 Å². The molecular formula is C16H24N2O. The molecule has 0 heterocycles. The van der Waals surface area contributed by atoms with E-state index in [1.807, 2.05) is 0 Å². The summed E-state index contributed by atoms with van der Waals surface area (Å²) in [5.74, 6) is 0.786. The monoisotopic (exact) mass is 260 g/mol. The Morgan fingerprint density at radius 2 is 2.00 bits per heavy atom. The van der Waals surface area contributed by atoms with Crippen molar-refractivity contribution in [1.82, 2.24) is 10.6 Å². The number of amides is 1. The van der Waals surface area contributed by atoms with E-state index in [4.69, 9.17) is 0 Å². The van der Waals surface area contributed by atoms with Gasteiger partial charge < -0.3 is 10.6 Å². The molecule has 1 saturated carbocycles. The van der Waals surface area contributed by atoms with E-state index >= 15 is 0 Å². The third-order valence-electron chi connectivity index (χ3n) is 3.91. The number of hydrogen-bond acceptors (Lipinski definition) is 2. The van der Waals surface area contributed by atoms with Gasteiger partial charge >= 0.3 is 0 Å². The van der Waals surface area contributed by atoms with E-state index < -0.39 is 0 Å². The number of nitrogens with one attached hydrogen (secondary N) is 2. The lowest BCUT2D eigenvalue weighted by molar-refractivity contribution is -0.118. The molecule has 0 aromatic heterocycles. The summed E-state index contributed by atoms with van der Waals surface area (Å²) < 4.78 is 0. The summed E-state index contributed by atoms with van der Waals surface area (Å²) in [7, 11) is 0. The van der Waals surface area contributed by atoms with Crippen LogP contribution in [0.25, 0.3) is 0 Å². The summed E-state index contributed by atoms with van der Waals surface area (Å²) in [5.41, 5.74) is 1.43. The normalized spacial score (nSPS) is 22.4. The number of carbonyl (C=O) groups excluding carboxylic acids is 1. The van der Waals surface area contributed by atoms with Crippen LogP contribution in [0.15, 0.2) is 30.3 Å². The van der Waals surface area contributed by atoms with Crippen molar-refractivity contribution >= 4 is 5.91 Å². The minimum absolute atomic E-state index is 0.0501. The van der Waals surface area contributed by atoms with Crippen LogP contribution in [0.2, 0.25) is 0 Å². The van der Waals surface area contributed by atoms with Gasteiger partial charge in [-0.1, -0.05) is 36.8 Å². The van der Waals surface area contributed by atoms with Gasteiger partial charge in [-0.05, 0) is 30.7 Å². The lowest BCUT2D eigenvalue weighted by Gasteiger charge is -2.21. The Morgan fingerprint density at radius 3 is 2.74 bits per heavy atom. The molecule has 19 heavy (non-hydrogen) atoms. The summed E-state index contributed by atoms with van der Waals surface area (Å²) >= 11 is 0. The Morgan fingerprint density at radius 1 is 1.21 bits per heavy atom. The van der Waals surface area contributed by atoms with Gasteiger partial charge in [0.2, 0.25) is 5.91 Å². The molecule has 2 atom stereocenters. The molecule has 0 unspecified atom stereocenters. The lowest BCUT2D eigenvalue weighted by Crippen LogP contribution is -2.38. The topological polar surface area (TPSA) is 41.1 Å². The third kappa shape index (κ3) is 4.67. The minimum Gasteiger partial charge on any atom is -0.355 e. The molecule has 3 heteroatoms. The molecule has 2 N–H and O–H groups in total. The molecule has 0 saturated heterocycles. The molecule has 1 aliphatic rings. The highest BCUT2D eigenvalue weighted by Gasteiger charge is 2.26. The molecule has 2 rings (SSSR count). The highest BCUT2D eigenvalue weighted by atomic mass is 16.1. The summed E-state index contributed by atoms with van der Waals surface area (Å²) in [6, 6.07) is 11.3. The van der Waals surface area contributed by atoms with Crippen molar-refractivity contribution < 1.29 is 4.79 Å². The van der Waals surface area contributed by atoms with Crippen LogP contribution in [-0.2, 0) is 11.2 Å². The molecule has 0 bridgehead atoms. The van der Waals surface area contributed by atoms with E-state index in [-0.39, 0.29) is 5.91 Å². The van der Waals surface area contributed by atoms with Crippen molar-refractivity contribution in [2.24, 2.45) is 5.92 Å². The van der Waals surface area contributed by atoms with Gasteiger partial charge in [0, 0.05) is 26.1 Å². The first-order valence-corrected chi connectivity index (χ1v) is 7.27. The van der Waals surface area contributed by atoms with Gasteiger partial charge in [-0.15, -0.1) is 0 Å². The van der Waals surface area contributed by atoms with Crippen LogP contribution in [0.3, 0.4) is 0 Å². The fourth-order valence-corrected chi connectivity index (χ4v) is 2.96. The van der Waals surface area contributed by atoms with E-state index in [1.54, 1.807) is 6.92 Å². The molecule has 3 nitrogen and oxygen atoms in total. The van der Waals surface area contributed by atoms with E-state index in [0.717, 1.165) is 19.0 Å². The van der Waals surface area contributed by atoms with Gasteiger partial charge in [-0.3, -0.25) is 4.79 Å². The third-order valence-corrected chi connectivity index (χ3v) is 3.91. The molecule has 1 fully saturated rings. The highest BCUT2D eigenvalue weighted by molar-refractivity contribution is 5.72. The smallest absolute Gasteiger partial charge is 0.216 e. The lowest BCUT2D eigenvalue weighted by atomic mass is 9.94. The van der Waals surface area contributed by atoms with Crippen molar-refractivity contribution in [3.63, 3.8) is 0 Å². The zero-order valence-corrected chi connectivity index (χ0v) is 11.7. The van der Waals surface area contributed by atoms with E-state index in [0.29, 0.717) is 6.04 Å². The maximum Gasteiger partial charge on any atom is 0.216 e. The Bertz CT molecular complexity index is 391. The molecule has 1 amide bonds. The van der Waals surface area contributed by atoms with Gasteiger partial charge in [-0.25, -0.2) is 0 Å². The second kappa shape index (κ2) is 7.29. The van der Waals surface area contributed by atoms with E-state index in [1.165, 1.54) is 31.2 Å². The predicted octanol–water partition coefficient (Wildman–Crippen LogP) is 2.12. The van der Waals surface area contributed by atoms with Crippen LogP contribution in [0.5, 0.6) is 0 Å². The number of carbonyl (C=O) groups is 1. The Kier molecular flexibility index (Phi) is 5.40. The highest BCUT2D eigenvalue weighted by Crippen LogP contribution is 2.28. The number of hydrogen-bond donors (Lipinski definition) is 2. The number of rotatable bonds is 6. The fourth-order valence-electron chi connectivity index (χ4n) is 2.96. The van der Waals surface area contributed by atoms with Crippen LogP contribution in [0.1, 0.15) is 31.7 Å². The fraction of sp³-hybridized carbons (Fsp3) is 0.562. The molecular weight excluding hydrogens is 236 g/mol. The predicted molar refractivity (Wildman–Crippen MR) is 78.0 cm³/mol. The molecule has 1 aromatic carbocycles. The largest absolute Gasteiger partial charge is 0.355 e. The van der Waals surface area contributed by atoms with Crippen molar-refractivity contribution in [2.45, 2.75) is 38.6 Å². The Labute approximate surface area is 115 Å². The van der Waals surface area contributed by atoms with E-state index in [2.05, 4.69) is 41.0 Å². The second-order valence-corrected chi connectivity index (χ2v) is 5.42. The second-order valence-electron chi connectivity index (χ2n) is 5.42. The van der Waals surface area contributed by atoms with Gasteiger partial charge in [0.1, 0.15) is 0 Å². The molecule has 104 valence electrons. The van der Waals surface area contributed by atoms with E-state index in [9.17, 15) is 4.79 Å². The maximum atomic E-state index is 10.8. The van der Waals surface area contributed by atoms with Crippen molar-refractivity contribution in [3.8, 4) is 0 Å². The first kappa shape index (κ1) is 14.1. The number of benzene rings is 1. The van der Waals surface area contributed by atoms with Crippen LogP contribution in [0, 0.1) is 5.92 Å². The van der Waals surface area contributed by atoms with Gasteiger partial charge in [0.15, 0.2) is 0 Å². The van der Waals surface area contributed by atoms with Crippen molar-refractivity contribution in [1.29, 1.82) is 0 Å². The van der Waals surface area contributed by atoms with Crippen LogP contribution >= 0.6 is 0 Å². The van der Waals surface area contributed by atoms with Crippen molar-refractivity contribution in [2.75, 3.05) is 13.1 Å². The Balaban J connectivity index is 1.75. The maximum absolute atomic E-state index is 10.8. The summed E-state index contributed by atoms with van der Waals surface area (Å²) in [4.78, 5) is 10.8. The molecule has 0 spiro atoms. The van der Waals surface area contributed by atoms with Crippen molar-refractivity contribution in [3.05, 3.63) is 35.9 Å².